The van der Waals surface area contributed by atoms with Crippen LogP contribution in [0.3, 0.4) is 0 Å². The Kier molecular flexibility index (Phi) is 9.11. The summed E-state index contributed by atoms with van der Waals surface area (Å²) in [5, 5.41) is 12.6. The van der Waals surface area contributed by atoms with Gasteiger partial charge in [0.2, 0.25) is 0 Å². The zero-order valence-corrected chi connectivity index (χ0v) is 36.8. The number of benzene rings is 12. The van der Waals surface area contributed by atoms with Gasteiger partial charge in [-0.05, 0) is 130 Å². The number of hydrogen-bond acceptors (Lipinski definition) is 2. The first-order chi connectivity index (χ1) is 32.7. The van der Waals surface area contributed by atoms with Crippen LogP contribution in [0.5, 0.6) is 0 Å². The Balaban J connectivity index is 1.05. The Hall–Kier alpha value is -8.30. The van der Waals surface area contributed by atoms with Gasteiger partial charge in [0.05, 0.1) is 5.69 Å². The fraction of sp³-hybridized carbons (Fsp3) is 0. The van der Waals surface area contributed by atoms with Crippen LogP contribution in [0.15, 0.2) is 249 Å². The molecule has 308 valence electrons. The molecule has 13 rings (SSSR count). The van der Waals surface area contributed by atoms with Crippen LogP contribution in [0, 0.1) is 0 Å². The quantitative estimate of drug-likeness (QED) is 0.144. The lowest BCUT2D eigenvalue weighted by molar-refractivity contribution is 1.31. The molecule has 0 N–H and O–H groups in total. The SMILES string of the molecule is c1ccc(-c2ccc(-c3cc(N(c4ccc5c(-c6cc7ccccc7c7ccccc67)cccc5c4)c4cccc5sc6c7ccccc7ccc6c45)ccc3-c3ccccc3)cc2)cc1. The van der Waals surface area contributed by atoms with Crippen LogP contribution in [0.4, 0.5) is 17.1 Å². The summed E-state index contributed by atoms with van der Waals surface area (Å²) in [6.45, 7) is 0. The highest BCUT2D eigenvalue weighted by molar-refractivity contribution is 7.26. The van der Waals surface area contributed by atoms with E-state index in [0.717, 1.165) is 17.1 Å². The summed E-state index contributed by atoms with van der Waals surface area (Å²) >= 11 is 1.89. The van der Waals surface area contributed by atoms with Crippen molar-refractivity contribution >= 4 is 91.7 Å². The lowest BCUT2D eigenvalue weighted by atomic mass is 9.90. The maximum atomic E-state index is 2.50. The molecule has 1 nitrogen and oxygen atoms in total. The molecule has 0 aliphatic rings. The molecule has 1 heterocycles. The first-order valence-corrected chi connectivity index (χ1v) is 23.5. The van der Waals surface area contributed by atoms with E-state index in [-0.39, 0.29) is 0 Å². The van der Waals surface area contributed by atoms with Crippen molar-refractivity contribution in [2.75, 3.05) is 4.90 Å². The van der Waals surface area contributed by atoms with Crippen molar-refractivity contribution in [1.82, 2.24) is 0 Å². The second kappa shape index (κ2) is 15.7. The van der Waals surface area contributed by atoms with Gasteiger partial charge in [0.25, 0.3) is 0 Å². The molecule has 0 saturated carbocycles. The van der Waals surface area contributed by atoms with Crippen molar-refractivity contribution in [2.45, 2.75) is 0 Å². The molecule has 13 aromatic rings. The van der Waals surface area contributed by atoms with Gasteiger partial charge in [-0.2, -0.15) is 0 Å². The standard InChI is InChI=1S/C64H41NS/c1-3-15-42(16-4-1)43-29-31-46(32-30-43)59-41-50(35-37-52(59)44-17-5-2-6-18-44)65(61-27-14-28-62-63(61)58-36-33-45-19-7-10-23-54(45)64(58)66-62)49-34-38-53-47(39-49)21-13-26-56(53)60-40-48-20-8-9-22-51(48)55-24-11-12-25-57(55)60/h1-41H. The van der Waals surface area contributed by atoms with Gasteiger partial charge in [0.1, 0.15) is 0 Å². The van der Waals surface area contributed by atoms with Crippen LogP contribution < -0.4 is 4.90 Å². The molecule has 0 radical (unpaired) electrons. The number of rotatable bonds is 7. The van der Waals surface area contributed by atoms with Crippen molar-refractivity contribution in [3.8, 4) is 44.5 Å². The van der Waals surface area contributed by atoms with Crippen molar-refractivity contribution in [2.24, 2.45) is 0 Å². The van der Waals surface area contributed by atoms with Crippen LogP contribution in [0.1, 0.15) is 0 Å². The van der Waals surface area contributed by atoms with Crippen molar-refractivity contribution in [3.05, 3.63) is 249 Å². The average molecular weight is 856 g/mol. The van der Waals surface area contributed by atoms with Crippen molar-refractivity contribution < 1.29 is 0 Å². The minimum absolute atomic E-state index is 1.10. The van der Waals surface area contributed by atoms with E-state index < -0.39 is 0 Å². The fourth-order valence-electron chi connectivity index (χ4n) is 10.3. The highest BCUT2D eigenvalue weighted by atomic mass is 32.1. The Morgan fingerprint density at radius 1 is 0.273 bits per heavy atom. The van der Waals surface area contributed by atoms with E-state index in [1.54, 1.807) is 0 Å². The van der Waals surface area contributed by atoms with E-state index in [0.29, 0.717) is 0 Å². The van der Waals surface area contributed by atoms with Gasteiger partial charge >= 0.3 is 0 Å². The van der Waals surface area contributed by atoms with E-state index in [9.17, 15) is 0 Å². The first-order valence-electron chi connectivity index (χ1n) is 22.7. The molecule has 0 amide bonds. The molecule has 1 aromatic heterocycles. The van der Waals surface area contributed by atoms with Gasteiger partial charge < -0.3 is 4.90 Å². The summed E-state index contributed by atoms with van der Waals surface area (Å²) in [5.74, 6) is 0. The fourth-order valence-corrected chi connectivity index (χ4v) is 11.6. The van der Waals surface area contributed by atoms with Crippen LogP contribution >= 0.6 is 11.3 Å². The Bertz CT molecular complexity index is 3980. The van der Waals surface area contributed by atoms with E-state index in [1.807, 2.05) is 11.3 Å². The van der Waals surface area contributed by atoms with Gasteiger partial charge in [0.15, 0.2) is 0 Å². The maximum absolute atomic E-state index is 2.50. The summed E-state index contributed by atoms with van der Waals surface area (Å²) in [7, 11) is 0. The number of hydrogen-bond donors (Lipinski definition) is 0. The number of fused-ring (bicyclic) bond motifs is 9. The Labute approximate surface area is 387 Å². The summed E-state index contributed by atoms with van der Waals surface area (Å²) in [5.41, 5.74) is 13.0. The monoisotopic (exact) mass is 855 g/mol. The van der Waals surface area contributed by atoms with Gasteiger partial charge in [-0.25, -0.2) is 0 Å². The molecule has 0 fully saturated rings. The second-order valence-electron chi connectivity index (χ2n) is 17.2. The van der Waals surface area contributed by atoms with Crippen LogP contribution in [-0.4, -0.2) is 0 Å². The van der Waals surface area contributed by atoms with E-state index in [1.165, 1.54) is 108 Å². The number of nitrogens with zero attached hydrogens (tertiary/aromatic N) is 1. The third-order valence-electron chi connectivity index (χ3n) is 13.4. The van der Waals surface area contributed by atoms with Crippen LogP contribution in [0.25, 0.3) is 108 Å². The highest BCUT2D eigenvalue weighted by Gasteiger charge is 2.22. The van der Waals surface area contributed by atoms with E-state index in [4.69, 9.17) is 0 Å². The van der Waals surface area contributed by atoms with Gasteiger partial charge in [-0.1, -0.05) is 206 Å². The normalized spacial score (nSPS) is 11.6. The Morgan fingerprint density at radius 2 is 0.848 bits per heavy atom. The molecule has 0 atom stereocenters. The molecule has 0 bridgehead atoms. The predicted molar refractivity (Wildman–Crippen MR) is 286 cm³/mol. The topological polar surface area (TPSA) is 3.24 Å². The first kappa shape index (κ1) is 38.2. The van der Waals surface area contributed by atoms with Gasteiger partial charge in [-0.3, -0.25) is 0 Å². The van der Waals surface area contributed by atoms with Crippen LogP contribution in [0.2, 0.25) is 0 Å². The minimum atomic E-state index is 1.10. The summed E-state index contributed by atoms with van der Waals surface area (Å²) in [4.78, 5) is 2.50. The molecular formula is C64H41NS. The number of thiophene rings is 1. The molecule has 2 heteroatoms. The van der Waals surface area contributed by atoms with E-state index in [2.05, 4.69) is 254 Å². The molecular weight excluding hydrogens is 815 g/mol. The summed E-state index contributed by atoms with van der Waals surface area (Å²) < 4.78 is 2.59. The highest BCUT2D eigenvalue weighted by Crippen LogP contribution is 2.49. The van der Waals surface area contributed by atoms with E-state index >= 15 is 0 Å². The zero-order valence-electron chi connectivity index (χ0n) is 36.0. The van der Waals surface area contributed by atoms with Gasteiger partial charge in [-0.15, -0.1) is 11.3 Å². The third-order valence-corrected chi connectivity index (χ3v) is 14.6. The molecule has 0 aliphatic carbocycles. The van der Waals surface area contributed by atoms with Gasteiger partial charge in [0, 0.05) is 31.5 Å². The zero-order chi connectivity index (χ0) is 43.6. The van der Waals surface area contributed by atoms with Crippen molar-refractivity contribution in [1.29, 1.82) is 0 Å². The Morgan fingerprint density at radius 3 is 1.67 bits per heavy atom. The molecule has 0 spiro atoms. The smallest absolute Gasteiger partial charge is 0.0554 e. The third kappa shape index (κ3) is 6.37. The number of anilines is 3. The maximum Gasteiger partial charge on any atom is 0.0554 e. The molecule has 0 aliphatic heterocycles. The summed E-state index contributed by atoms with van der Waals surface area (Å²) in [6.07, 6.45) is 0. The average Bonchev–Trinajstić information content (AvgIpc) is 3.79. The molecule has 12 aromatic carbocycles. The molecule has 66 heavy (non-hydrogen) atoms. The summed E-state index contributed by atoms with van der Waals surface area (Å²) in [6, 6.07) is 91.6. The van der Waals surface area contributed by atoms with Crippen molar-refractivity contribution in [3.63, 3.8) is 0 Å². The second-order valence-corrected chi connectivity index (χ2v) is 18.2. The predicted octanol–water partition coefficient (Wildman–Crippen LogP) is 18.8. The lowest BCUT2D eigenvalue weighted by Gasteiger charge is -2.28. The molecule has 0 saturated heterocycles. The lowest BCUT2D eigenvalue weighted by Crippen LogP contribution is -2.10. The molecule has 0 unspecified atom stereocenters. The minimum Gasteiger partial charge on any atom is -0.310 e. The largest absolute Gasteiger partial charge is 0.310 e. The van der Waals surface area contributed by atoms with Crippen LogP contribution in [-0.2, 0) is 0 Å².